The van der Waals surface area contributed by atoms with Crippen molar-refractivity contribution in [2.24, 2.45) is 0 Å². The van der Waals surface area contributed by atoms with Crippen molar-refractivity contribution in [3.05, 3.63) is 29.3 Å². The smallest absolute Gasteiger partial charge is 0.239 e. The van der Waals surface area contributed by atoms with Crippen LogP contribution in [-0.2, 0) is 9.59 Å². The number of hydrogen-bond donors (Lipinski definition) is 2. The predicted octanol–water partition coefficient (Wildman–Crippen LogP) is 0.624. The maximum absolute atomic E-state index is 11.8. The Hall–Kier alpha value is -2.42. The number of nitrogens with one attached hydrogen (secondary N) is 2. The van der Waals surface area contributed by atoms with Crippen LogP contribution in [-0.4, -0.2) is 50.9 Å². The van der Waals surface area contributed by atoms with Crippen molar-refractivity contribution in [2.45, 2.75) is 25.9 Å². The highest BCUT2D eigenvalue weighted by molar-refractivity contribution is 7.99. The molecule has 0 fully saturated rings. The molecular weight excluding hydrogens is 328 g/mol. The van der Waals surface area contributed by atoms with Crippen LogP contribution in [0.3, 0.4) is 0 Å². The summed E-state index contributed by atoms with van der Waals surface area (Å²) in [6.45, 7) is 6.29. The number of aromatic nitrogens is 4. The fourth-order valence-electron chi connectivity index (χ4n) is 2.17. The highest BCUT2D eigenvalue weighted by atomic mass is 32.2. The quantitative estimate of drug-likeness (QED) is 0.712. The lowest BCUT2D eigenvalue weighted by Crippen LogP contribution is -2.37. The summed E-state index contributed by atoms with van der Waals surface area (Å²) in [7, 11) is 0. The Bertz CT molecular complexity index is 710. The zero-order valence-corrected chi connectivity index (χ0v) is 14.7. The first-order valence-electron chi connectivity index (χ1n) is 7.54. The van der Waals surface area contributed by atoms with Crippen LogP contribution in [0.2, 0.25) is 0 Å². The lowest BCUT2D eigenvalue weighted by atomic mass is 10.1. The molecule has 8 nitrogen and oxygen atoms in total. The standard InChI is InChI=1S/C15H20N6O2S/c1-4-16-12(22)8-17-13(23)9-24-15-18-19-20-21(15)14-10(2)6-5-7-11(14)3/h5-7H,4,8-9H2,1-3H3,(H,16,22)(H,17,23). The van der Waals surface area contributed by atoms with Crippen molar-refractivity contribution in [1.29, 1.82) is 0 Å². The molecule has 1 heterocycles. The minimum absolute atomic E-state index is 0.0327. The fraction of sp³-hybridized carbons (Fsp3) is 0.400. The molecule has 0 bridgehead atoms. The number of nitrogens with zero attached hydrogens (tertiary/aromatic N) is 4. The first-order valence-corrected chi connectivity index (χ1v) is 8.52. The molecule has 0 unspecified atom stereocenters. The molecule has 0 spiro atoms. The average molecular weight is 348 g/mol. The van der Waals surface area contributed by atoms with E-state index in [1.807, 2.05) is 39.0 Å². The first kappa shape index (κ1) is 17.9. The molecule has 0 radical (unpaired) electrons. The topological polar surface area (TPSA) is 102 Å². The highest BCUT2D eigenvalue weighted by Crippen LogP contribution is 2.23. The molecule has 0 aliphatic heterocycles. The summed E-state index contributed by atoms with van der Waals surface area (Å²) in [4.78, 5) is 23.2. The normalized spacial score (nSPS) is 10.5. The van der Waals surface area contributed by atoms with E-state index in [1.165, 1.54) is 11.8 Å². The zero-order valence-electron chi connectivity index (χ0n) is 13.9. The Kier molecular flexibility index (Phi) is 6.30. The molecule has 2 aromatic rings. The van der Waals surface area contributed by atoms with Crippen LogP contribution in [0.5, 0.6) is 0 Å². The Morgan fingerprint density at radius 2 is 1.88 bits per heavy atom. The molecule has 0 aliphatic rings. The molecule has 1 aromatic carbocycles. The molecule has 2 amide bonds. The van der Waals surface area contributed by atoms with Gasteiger partial charge in [-0.05, 0) is 42.3 Å². The summed E-state index contributed by atoms with van der Waals surface area (Å²) < 4.78 is 1.63. The Labute approximate surface area is 144 Å². The number of likely N-dealkylation sites (N-methyl/N-ethyl adjacent to an activating group) is 1. The van der Waals surface area contributed by atoms with Gasteiger partial charge in [0.15, 0.2) is 0 Å². The van der Waals surface area contributed by atoms with Gasteiger partial charge in [0, 0.05) is 6.54 Å². The lowest BCUT2D eigenvalue weighted by molar-refractivity contribution is -0.124. The number of tetrazole rings is 1. The van der Waals surface area contributed by atoms with Crippen LogP contribution >= 0.6 is 11.8 Å². The third kappa shape index (κ3) is 4.54. The van der Waals surface area contributed by atoms with E-state index in [1.54, 1.807) is 4.68 Å². The van der Waals surface area contributed by atoms with E-state index < -0.39 is 0 Å². The second-order valence-corrected chi connectivity index (χ2v) is 6.08. The third-order valence-electron chi connectivity index (χ3n) is 3.24. The Morgan fingerprint density at radius 1 is 1.17 bits per heavy atom. The van der Waals surface area contributed by atoms with Crippen LogP contribution < -0.4 is 10.6 Å². The second kappa shape index (κ2) is 8.44. The van der Waals surface area contributed by atoms with Crippen LogP contribution in [0.15, 0.2) is 23.4 Å². The van der Waals surface area contributed by atoms with Crippen LogP contribution in [0.1, 0.15) is 18.1 Å². The predicted molar refractivity (Wildman–Crippen MR) is 91.0 cm³/mol. The van der Waals surface area contributed by atoms with E-state index in [2.05, 4.69) is 26.2 Å². The van der Waals surface area contributed by atoms with E-state index in [4.69, 9.17) is 0 Å². The number of benzene rings is 1. The van der Waals surface area contributed by atoms with E-state index >= 15 is 0 Å². The molecule has 9 heteroatoms. The minimum Gasteiger partial charge on any atom is -0.355 e. The van der Waals surface area contributed by atoms with Gasteiger partial charge in [-0.2, -0.15) is 4.68 Å². The number of para-hydroxylation sites is 1. The SMILES string of the molecule is CCNC(=O)CNC(=O)CSc1nnnn1-c1c(C)cccc1C. The van der Waals surface area contributed by atoms with Gasteiger partial charge >= 0.3 is 0 Å². The number of thioether (sulfide) groups is 1. The van der Waals surface area contributed by atoms with E-state index in [0.29, 0.717) is 11.7 Å². The highest BCUT2D eigenvalue weighted by Gasteiger charge is 2.15. The molecule has 2 N–H and O–H groups in total. The van der Waals surface area contributed by atoms with Gasteiger partial charge in [0.2, 0.25) is 17.0 Å². The summed E-state index contributed by atoms with van der Waals surface area (Å²) in [5.74, 6) is -0.330. The first-order chi connectivity index (χ1) is 11.5. The molecule has 0 saturated heterocycles. The van der Waals surface area contributed by atoms with Crippen molar-refractivity contribution in [1.82, 2.24) is 30.8 Å². The molecule has 1 aromatic heterocycles. The van der Waals surface area contributed by atoms with Gasteiger partial charge in [0.05, 0.1) is 18.0 Å². The molecule has 24 heavy (non-hydrogen) atoms. The number of aryl methyl sites for hydroxylation is 2. The molecule has 0 atom stereocenters. The van der Waals surface area contributed by atoms with Gasteiger partial charge in [-0.3, -0.25) is 9.59 Å². The lowest BCUT2D eigenvalue weighted by Gasteiger charge is -2.10. The molecule has 2 rings (SSSR count). The van der Waals surface area contributed by atoms with Gasteiger partial charge < -0.3 is 10.6 Å². The number of carbonyl (C=O) groups excluding carboxylic acids is 2. The molecule has 0 saturated carbocycles. The van der Waals surface area contributed by atoms with Crippen molar-refractivity contribution >= 4 is 23.6 Å². The zero-order chi connectivity index (χ0) is 17.5. The van der Waals surface area contributed by atoms with Crippen LogP contribution in [0.4, 0.5) is 0 Å². The van der Waals surface area contributed by atoms with Gasteiger partial charge in [-0.1, -0.05) is 30.0 Å². The van der Waals surface area contributed by atoms with Crippen LogP contribution in [0.25, 0.3) is 5.69 Å². The van der Waals surface area contributed by atoms with Gasteiger partial charge in [0.1, 0.15) is 0 Å². The van der Waals surface area contributed by atoms with Crippen molar-refractivity contribution < 1.29 is 9.59 Å². The van der Waals surface area contributed by atoms with E-state index in [0.717, 1.165) is 16.8 Å². The van der Waals surface area contributed by atoms with E-state index in [9.17, 15) is 9.59 Å². The minimum atomic E-state index is -0.248. The van der Waals surface area contributed by atoms with E-state index in [-0.39, 0.29) is 24.1 Å². The Morgan fingerprint density at radius 3 is 2.54 bits per heavy atom. The summed E-state index contributed by atoms with van der Waals surface area (Å²) in [5, 5.41) is 17.4. The second-order valence-electron chi connectivity index (χ2n) is 5.13. The number of carbonyl (C=O) groups is 2. The molecule has 0 aliphatic carbocycles. The average Bonchev–Trinajstić information content (AvgIpc) is 2.99. The molecule has 128 valence electrons. The number of hydrogen-bond acceptors (Lipinski definition) is 6. The van der Waals surface area contributed by atoms with Crippen molar-refractivity contribution in [3.63, 3.8) is 0 Å². The van der Waals surface area contributed by atoms with Crippen molar-refractivity contribution in [2.75, 3.05) is 18.8 Å². The summed E-state index contributed by atoms with van der Waals surface area (Å²) in [6.07, 6.45) is 0. The monoisotopic (exact) mass is 348 g/mol. The van der Waals surface area contributed by atoms with Gasteiger partial charge in [-0.15, -0.1) is 5.10 Å². The molecular formula is C15H20N6O2S. The van der Waals surface area contributed by atoms with Gasteiger partial charge in [0.25, 0.3) is 0 Å². The van der Waals surface area contributed by atoms with Crippen molar-refractivity contribution in [3.8, 4) is 5.69 Å². The largest absolute Gasteiger partial charge is 0.355 e. The van der Waals surface area contributed by atoms with Gasteiger partial charge in [-0.25, -0.2) is 0 Å². The maximum atomic E-state index is 11.8. The summed E-state index contributed by atoms with van der Waals surface area (Å²) >= 11 is 1.22. The third-order valence-corrected chi connectivity index (χ3v) is 4.16. The van der Waals surface area contributed by atoms with Crippen LogP contribution in [0, 0.1) is 13.8 Å². The number of rotatable bonds is 7. The summed E-state index contributed by atoms with van der Waals surface area (Å²) in [5.41, 5.74) is 3.00. The summed E-state index contributed by atoms with van der Waals surface area (Å²) in [6, 6.07) is 5.94. The number of amides is 2. The Balaban J connectivity index is 1.99. The fourth-order valence-corrected chi connectivity index (χ4v) is 2.88. The maximum Gasteiger partial charge on any atom is 0.239 e.